The van der Waals surface area contributed by atoms with Gasteiger partial charge in [0.1, 0.15) is 29.8 Å². The average Bonchev–Trinajstić information content (AvgIpc) is 2.68. The van der Waals surface area contributed by atoms with Gasteiger partial charge in [-0.25, -0.2) is 9.78 Å². The summed E-state index contributed by atoms with van der Waals surface area (Å²) >= 11 is 4.48. The van der Waals surface area contributed by atoms with Crippen molar-refractivity contribution in [3.8, 4) is 11.4 Å². The van der Waals surface area contributed by atoms with Crippen LogP contribution in [0.1, 0.15) is 12.5 Å². The zero-order valence-corrected chi connectivity index (χ0v) is 16.7. The summed E-state index contributed by atoms with van der Waals surface area (Å²) in [7, 11) is 0. The number of carbonyl (C=O) groups excluding carboxylic acids is 1. The Kier molecular flexibility index (Phi) is 6.12. The number of amides is 1. The predicted molar refractivity (Wildman–Crippen MR) is 98.0 cm³/mol. The van der Waals surface area contributed by atoms with Crippen LogP contribution in [0.2, 0.25) is 5.15 Å². The summed E-state index contributed by atoms with van der Waals surface area (Å²) in [6, 6.07) is 4.26. The minimum absolute atomic E-state index is 0.0826. The Morgan fingerprint density at radius 1 is 1.30 bits per heavy atom. The molecule has 0 bridgehead atoms. The van der Waals surface area contributed by atoms with E-state index < -0.39 is 35.9 Å². The summed E-state index contributed by atoms with van der Waals surface area (Å²) in [6.45, 7) is -0.638. The lowest BCUT2D eigenvalue weighted by Gasteiger charge is -2.32. The van der Waals surface area contributed by atoms with Crippen molar-refractivity contribution in [3.63, 3.8) is 0 Å². The standard InChI is InChI=1S/C17H13ClF5N3O3S/c1-2-30(28)12-3-4-13(18)25-14(12)10-5-9-7-29-15(27)26(11(9)6-24-10)8-16(19,20)17(21,22)23/h3-6H,2,7-8H2,1H3. The lowest BCUT2D eigenvalue weighted by Crippen LogP contribution is -2.50. The molecule has 0 N–H and O–H groups in total. The summed E-state index contributed by atoms with van der Waals surface area (Å²) in [5.41, 5.74) is 0.190. The molecule has 1 atom stereocenters. The SMILES string of the molecule is CC[S+]([O-])c1ccc(Cl)nc1-c1cc2c(cn1)N(CC(F)(F)C(F)(F)F)C(=O)OC2. The van der Waals surface area contributed by atoms with Crippen LogP contribution in [-0.4, -0.2) is 45.0 Å². The molecule has 6 nitrogen and oxygen atoms in total. The van der Waals surface area contributed by atoms with Gasteiger partial charge in [0, 0.05) is 5.56 Å². The van der Waals surface area contributed by atoms with Crippen molar-refractivity contribution < 1.29 is 36.0 Å². The van der Waals surface area contributed by atoms with E-state index in [0.717, 1.165) is 6.20 Å². The first-order valence-electron chi connectivity index (χ1n) is 8.37. The molecule has 2 aromatic rings. The van der Waals surface area contributed by atoms with Crippen LogP contribution in [-0.2, 0) is 22.5 Å². The smallest absolute Gasteiger partial charge is 0.455 e. The van der Waals surface area contributed by atoms with Crippen LogP contribution < -0.4 is 4.90 Å². The van der Waals surface area contributed by atoms with E-state index in [9.17, 15) is 31.3 Å². The molecule has 0 saturated heterocycles. The molecule has 0 saturated carbocycles. The van der Waals surface area contributed by atoms with Gasteiger partial charge in [-0.3, -0.25) is 9.88 Å². The Hall–Kier alpha value is -2.18. The van der Waals surface area contributed by atoms with E-state index in [1.165, 1.54) is 18.2 Å². The molecule has 0 spiro atoms. The maximum atomic E-state index is 13.5. The van der Waals surface area contributed by atoms with Crippen LogP contribution in [0.5, 0.6) is 0 Å². The lowest BCUT2D eigenvalue weighted by molar-refractivity contribution is -0.276. The predicted octanol–water partition coefficient (Wildman–Crippen LogP) is 4.58. The molecule has 2 aromatic heterocycles. The highest BCUT2D eigenvalue weighted by Crippen LogP contribution is 2.39. The Labute approximate surface area is 175 Å². The Bertz CT molecular complexity index is 976. The van der Waals surface area contributed by atoms with E-state index >= 15 is 0 Å². The quantitative estimate of drug-likeness (QED) is 0.364. The van der Waals surface area contributed by atoms with Crippen molar-refractivity contribution in [3.05, 3.63) is 35.1 Å². The highest BCUT2D eigenvalue weighted by Gasteiger charge is 2.59. The van der Waals surface area contributed by atoms with Gasteiger partial charge >= 0.3 is 18.2 Å². The maximum Gasteiger partial charge on any atom is 0.455 e. The van der Waals surface area contributed by atoms with Crippen LogP contribution in [0, 0.1) is 0 Å². The maximum absolute atomic E-state index is 13.5. The molecule has 162 valence electrons. The second-order valence-electron chi connectivity index (χ2n) is 6.16. The molecular weight excluding hydrogens is 457 g/mol. The zero-order chi connectivity index (χ0) is 22.3. The number of hydrogen-bond donors (Lipinski definition) is 0. The van der Waals surface area contributed by atoms with Gasteiger partial charge in [0.2, 0.25) is 0 Å². The third-order valence-corrected chi connectivity index (χ3v) is 5.73. The van der Waals surface area contributed by atoms with Crippen molar-refractivity contribution in [2.75, 3.05) is 17.2 Å². The van der Waals surface area contributed by atoms with Gasteiger partial charge in [0.25, 0.3) is 0 Å². The molecule has 0 aromatic carbocycles. The van der Waals surface area contributed by atoms with Crippen LogP contribution in [0.15, 0.2) is 29.3 Å². The number of hydrogen-bond acceptors (Lipinski definition) is 5. The number of alkyl halides is 5. The molecule has 0 aliphatic carbocycles. The minimum Gasteiger partial charge on any atom is -0.611 e. The Morgan fingerprint density at radius 2 is 2.00 bits per heavy atom. The highest BCUT2D eigenvalue weighted by molar-refractivity contribution is 7.91. The third-order valence-electron chi connectivity index (χ3n) is 4.17. The largest absolute Gasteiger partial charge is 0.611 e. The first-order valence-corrected chi connectivity index (χ1v) is 10.1. The second kappa shape index (κ2) is 8.16. The number of pyridine rings is 2. The van der Waals surface area contributed by atoms with Gasteiger partial charge in [-0.2, -0.15) is 22.0 Å². The average molecular weight is 470 g/mol. The van der Waals surface area contributed by atoms with Crippen LogP contribution in [0.4, 0.5) is 32.4 Å². The summed E-state index contributed by atoms with van der Waals surface area (Å²) in [5.74, 6) is -4.88. The number of halogens is 6. The first kappa shape index (κ1) is 22.5. The number of anilines is 1. The zero-order valence-electron chi connectivity index (χ0n) is 15.2. The number of carbonyl (C=O) groups is 1. The third kappa shape index (κ3) is 4.30. The number of ether oxygens (including phenoxy) is 1. The van der Waals surface area contributed by atoms with E-state index in [4.69, 9.17) is 16.3 Å². The van der Waals surface area contributed by atoms with Crippen molar-refractivity contribution in [2.45, 2.75) is 30.5 Å². The molecule has 0 radical (unpaired) electrons. The molecule has 30 heavy (non-hydrogen) atoms. The fraction of sp³-hybridized carbons (Fsp3) is 0.353. The van der Waals surface area contributed by atoms with Gasteiger partial charge in [-0.1, -0.05) is 11.6 Å². The molecule has 13 heteroatoms. The molecular formula is C17H13ClF5N3O3S. The Morgan fingerprint density at radius 3 is 2.63 bits per heavy atom. The first-order chi connectivity index (χ1) is 13.9. The molecule has 3 heterocycles. The summed E-state index contributed by atoms with van der Waals surface area (Å²) in [6.07, 6.45) is -6.23. The van der Waals surface area contributed by atoms with E-state index in [0.29, 0.717) is 4.90 Å². The van der Waals surface area contributed by atoms with E-state index in [1.807, 2.05) is 0 Å². The fourth-order valence-corrected chi connectivity index (χ4v) is 3.72. The molecule has 1 unspecified atom stereocenters. The lowest BCUT2D eigenvalue weighted by atomic mass is 10.1. The summed E-state index contributed by atoms with van der Waals surface area (Å²) in [5, 5.41) is 0.0826. The van der Waals surface area contributed by atoms with Crippen molar-refractivity contribution >= 4 is 34.6 Å². The second-order valence-corrected chi connectivity index (χ2v) is 8.25. The summed E-state index contributed by atoms with van der Waals surface area (Å²) in [4.78, 5) is 20.5. The number of rotatable bonds is 5. The van der Waals surface area contributed by atoms with Gasteiger partial charge in [0.15, 0.2) is 4.90 Å². The van der Waals surface area contributed by atoms with Crippen molar-refractivity contribution in [1.82, 2.24) is 9.97 Å². The van der Waals surface area contributed by atoms with Crippen LogP contribution in [0.25, 0.3) is 11.4 Å². The fourth-order valence-electron chi connectivity index (χ4n) is 2.68. The number of cyclic esters (lactones) is 1. The monoisotopic (exact) mass is 469 g/mol. The molecule has 0 fully saturated rings. The van der Waals surface area contributed by atoms with Crippen LogP contribution in [0.3, 0.4) is 0 Å². The normalized spacial score (nSPS) is 15.6. The van der Waals surface area contributed by atoms with Gasteiger partial charge < -0.3 is 9.29 Å². The van der Waals surface area contributed by atoms with E-state index in [-0.39, 0.29) is 45.1 Å². The van der Waals surface area contributed by atoms with Crippen molar-refractivity contribution in [2.24, 2.45) is 0 Å². The van der Waals surface area contributed by atoms with Crippen molar-refractivity contribution in [1.29, 1.82) is 0 Å². The topological polar surface area (TPSA) is 78.4 Å². The Balaban J connectivity index is 2.03. The van der Waals surface area contributed by atoms with Gasteiger partial charge in [0.05, 0.1) is 17.6 Å². The van der Waals surface area contributed by atoms with Gasteiger partial charge in [-0.15, -0.1) is 0 Å². The number of fused-ring (bicyclic) bond motifs is 1. The van der Waals surface area contributed by atoms with E-state index in [1.54, 1.807) is 6.92 Å². The number of nitrogens with zero attached hydrogens (tertiary/aromatic N) is 3. The molecule has 1 aliphatic heterocycles. The molecule has 3 rings (SSSR count). The molecule has 1 aliphatic rings. The number of aromatic nitrogens is 2. The highest BCUT2D eigenvalue weighted by atomic mass is 35.5. The van der Waals surface area contributed by atoms with E-state index in [2.05, 4.69) is 9.97 Å². The summed E-state index contributed by atoms with van der Waals surface area (Å²) < 4.78 is 81.7. The minimum atomic E-state index is -5.85. The van der Waals surface area contributed by atoms with Crippen LogP contribution >= 0.6 is 11.6 Å². The molecule has 1 amide bonds. The van der Waals surface area contributed by atoms with Gasteiger partial charge in [-0.05, 0) is 36.3 Å².